The number of nitrogens with one attached hydrogen (secondary N) is 2. The van der Waals surface area contributed by atoms with Crippen LogP contribution in [0, 0.1) is 13.8 Å². The van der Waals surface area contributed by atoms with Crippen LogP contribution in [0.25, 0.3) is 0 Å². The van der Waals surface area contributed by atoms with Crippen molar-refractivity contribution in [1.29, 1.82) is 0 Å². The molecule has 3 aromatic carbocycles. The third-order valence-corrected chi connectivity index (χ3v) is 8.12. The molecule has 4 N–H and O–H groups in total. The van der Waals surface area contributed by atoms with Crippen molar-refractivity contribution in [2.75, 3.05) is 16.4 Å². The van der Waals surface area contributed by atoms with Crippen molar-refractivity contribution in [3.63, 3.8) is 0 Å². The van der Waals surface area contributed by atoms with Crippen LogP contribution in [0.4, 0.5) is 16.4 Å². The number of nitrogen functional groups attached to an aromatic ring is 1. The van der Waals surface area contributed by atoms with Crippen LogP contribution in [0.2, 0.25) is 5.02 Å². The second kappa shape index (κ2) is 12.0. The molecule has 2 heterocycles. The Kier molecular flexibility index (Phi) is 8.19. The summed E-state index contributed by atoms with van der Waals surface area (Å²) in [5.74, 6) is -1.24. The first-order valence-corrected chi connectivity index (χ1v) is 14.0. The summed E-state index contributed by atoms with van der Waals surface area (Å²) in [6, 6.07) is 19.9. The van der Waals surface area contributed by atoms with E-state index >= 15 is 0 Å². The number of carbonyl (C=O) groups is 3. The Morgan fingerprint density at radius 2 is 1.76 bits per heavy atom. The Balaban J connectivity index is 1.26. The number of hydrogen-bond acceptors (Lipinski definition) is 7. The van der Waals surface area contributed by atoms with Gasteiger partial charge in [0.1, 0.15) is 17.6 Å². The summed E-state index contributed by atoms with van der Waals surface area (Å²) < 4.78 is 5.47. The number of nitrogens with zero attached hydrogens (tertiary/aromatic N) is 1. The number of anilines is 3. The van der Waals surface area contributed by atoms with Gasteiger partial charge in [0.15, 0.2) is 0 Å². The lowest BCUT2D eigenvalue weighted by molar-refractivity contribution is -0.146. The number of halogens is 1. The largest absolute Gasteiger partial charge is 0.461 e. The van der Waals surface area contributed by atoms with E-state index in [0.717, 1.165) is 21.6 Å². The topological polar surface area (TPSA) is 123 Å². The number of benzene rings is 3. The maximum absolute atomic E-state index is 13.1. The summed E-state index contributed by atoms with van der Waals surface area (Å²) in [4.78, 5) is 44.3. The van der Waals surface area contributed by atoms with Gasteiger partial charge < -0.3 is 21.1 Å². The number of aliphatic imine (C=N–C) groups is 1. The van der Waals surface area contributed by atoms with Gasteiger partial charge in [0.2, 0.25) is 5.91 Å². The van der Waals surface area contributed by atoms with E-state index in [0.29, 0.717) is 38.2 Å². The maximum Gasteiger partial charge on any atom is 0.308 e. The van der Waals surface area contributed by atoms with Crippen LogP contribution in [0.15, 0.2) is 77.8 Å². The third-order valence-electron chi connectivity index (χ3n) is 6.75. The van der Waals surface area contributed by atoms with Crippen molar-refractivity contribution in [3.05, 3.63) is 111 Å². The predicted molar refractivity (Wildman–Crippen MR) is 163 cm³/mol. The number of thiophene rings is 1. The van der Waals surface area contributed by atoms with E-state index in [-0.39, 0.29) is 24.8 Å². The van der Waals surface area contributed by atoms with Gasteiger partial charge in [-0.2, -0.15) is 0 Å². The molecule has 1 aliphatic heterocycles. The van der Waals surface area contributed by atoms with Crippen molar-refractivity contribution < 1.29 is 19.1 Å². The molecule has 0 fully saturated rings. The summed E-state index contributed by atoms with van der Waals surface area (Å²) >= 11 is 7.58. The zero-order chi connectivity index (χ0) is 29.1. The molecule has 1 aliphatic rings. The molecule has 0 radical (unpaired) electrons. The molecule has 1 atom stereocenters. The summed E-state index contributed by atoms with van der Waals surface area (Å²) in [5, 5.41) is 7.01. The first kappa shape index (κ1) is 28.1. The Hall–Kier alpha value is -4.47. The van der Waals surface area contributed by atoms with Crippen molar-refractivity contribution in [2.45, 2.75) is 32.9 Å². The van der Waals surface area contributed by atoms with Crippen LogP contribution in [-0.2, 0) is 20.9 Å². The molecule has 0 spiro atoms. The number of hydrogen-bond donors (Lipinski definition) is 3. The smallest absolute Gasteiger partial charge is 0.308 e. The third kappa shape index (κ3) is 6.32. The minimum atomic E-state index is -0.969. The fourth-order valence-corrected chi connectivity index (χ4v) is 5.57. The van der Waals surface area contributed by atoms with Gasteiger partial charge >= 0.3 is 5.97 Å². The minimum absolute atomic E-state index is 0.0138. The highest BCUT2D eigenvalue weighted by molar-refractivity contribution is 7.17. The molecule has 1 aromatic heterocycles. The summed E-state index contributed by atoms with van der Waals surface area (Å²) in [5.41, 5.74) is 11.3. The van der Waals surface area contributed by atoms with Crippen LogP contribution in [0.1, 0.15) is 43.9 Å². The first-order chi connectivity index (χ1) is 19.7. The normalized spacial score (nSPS) is 14.4. The van der Waals surface area contributed by atoms with Crippen molar-refractivity contribution in [1.82, 2.24) is 0 Å². The fourth-order valence-electron chi connectivity index (χ4n) is 4.38. The molecule has 0 unspecified atom stereocenters. The monoisotopic (exact) mass is 586 g/mol. The number of fused-ring (bicyclic) bond motifs is 1. The van der Waals surface area contributed by atoms with Crippen LogP contribution < -0.4 is 16.4 Å². The fraction of sp³-hybridized carbons (Fsp3) is 0.161. The van der Waals surface area contributed by atoms with Gasteiger partial charge in [0, 0.05) is 26.6 Å². The minimum Gasteiger partial charge on any atom is -0.461 e. The van der Waals surface area contributed by atoms with Gasteiger partial charge in [-0.1, -0.05) is 48.0 Å². The number of para-hydroxylation sites is 2. The predicted octanol–water partition coefficient (Wildman–Crippen LogP) is 6.14. The number of esters is 1. The Morgan fingerprint density at radius 3 is 2.46 bits per heavy atom. The van der Waals surface area contributed by atoms with E-state index < -0.39 is 12.0 Å². The molecule has 0 saturated heterocycles. The number of nitrogens with two attached hydrogens (primary N) is 1. The molecular formula is C31H27ClN4O4S. The van der Waals surface area contributed by atoms with Crippen LogP contribution in [0.3, 0.4) is 0 Å². The molecule has 41 heavy (non-hydrogen) atoms. The zero-order valence-corrected chi connectivity index (χ0v) is 23.9. The van der Waals surface area contributed by atoms with Gasteiger partial charge in [-0.3, -0.25) is 19.4 Å². The van der Waals surface area contributed by atoms with Gasteiger partial charge in [0.25, 0.3) is 5.91 Å². The van der Waals surface area contributed by atoms with Crippen molar-refractivity contribution >= 4 is 62.8 Å². The number of ether oxygens (including phenoxy) is 1. The van der Waals surface area contributed by atoms with Gasteiger partial charge in [-0.05, 0) is 61.4 Å². The second-order valence-electron chi connectivity index (χ2n) is 9.58. The van der Waals surface area contributed by atoms with E-state index in [1.54, 1.807) is 60.7 Å². The lowest BCUT2D eigenvalue weighted by Gasteiger charge is -2.12. The molecule has 208 valence electrons. The standard InChI is InChI=1S/C31H27ClN4O4S/c1-17-18(2)41-31-27(17)28(20-11-13-22(32)14-12-20)34-25(30(39)36-31)15-26(37)40-16-19-7-9-21(10-8-19)29(38)35-24-6-4-3-5-23(24)33/h3-14,25H,15-16,33H2,1-2H3,(H,35,38)(H,36,39)/t25-/m0/s1. The maximum atomic E-state index is 13.1. The Bertz CT molecular complexity index is 1660. The number of aryl methyl sites for hydroxylation is 1. The lowest BCUT2D eigenvalue weighted by atomic mass is 10.00. The van der Waals surface area contributed by atoms with E-state index in [1.165, 1.54) is 11.3 Å². The quantitative estimate of drug-likeness (QED) is 0.177. The SMILES string of the molecule is Cc1sc2c(c1C)C(c1ccc(Cl)cc1)=N[C@@H](CC(=O)OCc1ccc(C(=O)Nc3ccccc3N)cc1)C(=O)N2. The Morgan fingerprint density at radius 1 is 1.05 bits per heavy atom. The summed E-state index contributed by atoms with van der Waals surface area (Å²) in [6.07, 6.45) is -0.227. The molecule has 8 nitrogen and oxygen atoms in total. The summed E-state index contributed by atoms with van der Waals surface area (Å²) in [7, 11) is 0. The molecule has 10 heteroatoms. The van der Waals surface area contributed by atoms with Crippen molar-refractivity contribution in [3.8, 4) is 0 Å². The average molecular weight is 587 g/mol. The highest BCUT2D eigenvalue weighted by Gasteiger charge is 2.31. The molecule has 5 rings (SSSR count). The van der Waals surface area contributed by atoms with E-state index in [9.17, 15) is 14.4 Å². The van der Waals surface area contributed by atoms with E-state index in [1.807, 2.05) is 26.0 Å². The zero-order valence-electron chi connectivity index (χ0n) is 22.4. The molecule has 2 amide bonds. The lowest BCUT2D eigenvalue weighted by Crippen LogP contribution is -2.28. The van der Waals surface area contributed by atoms with Gasteiger partial charge in [-0.15, -0.1) is 11.3 Å². The molecule has 0 aliphatic carbocycles. The number of carbonyl (C=O) groups excluding carboxylic acids is 3. The number of amides is 2. The van der Waals surface area contributed by atoms with Crippen LogP contribution >= 0.6 is 22.9 Å². The summed E-state index contributed by atoms with van der Waals surface area (Å²) in [6.45, 7) is 3.97. The van der Waals surface area contributed by atoms with Gasteiger partial charge in [-0.25, -0.2) is 0 Å². The second-order valence-corrected chi connectivity index (χ2v) is 11.2. The molecular weight excluding hydrogens is 560 g/mol. The molecule has 0 saturated carbocycles. The molecule has 4 aromatic rings. The van der Waals surface area contributed by atoms with E-state index in [2.05, 4.69) is 10.6 Å². The average Bonchev–Trinajstić information content (AvgIpc) is 3.15. The highest BCUT2D eigenvalue weighted by atomic mass is 35.5. The first-order valence-electron chi connectivity index (χ1n) is 12.8. The number of rotatable bonds is 7. The van der Waals surface area contributed by atoms with E-state index in [4.69, 9.17) is 27.1 Å². The van der Waals surface area contributed by atoms with Crippen molar-refractivity contribution in [2.24, 2.45) is 4.99 Å². The highest BCUT2D eigenvalue weighted by Crippen LogP contribution is 2.37. The van der Waals surface area contributed by atoms with Gasteiger partial charge in [0.05, 0.1) is 23.5 Å². The van der Waals surface area contributed by atoms with Crippen LogP contribution in [0.5, 0.6) is 0 Å². The molecule has 0 bridgehead atoms. The Labute approximate surface area is 246 Å². The van der Waals surface area contributed by atoms with Crippen LogP contribution in [-0.4, -0.2) is 29.5 Å².